The number of nitrogens with one attached hydrogen (secondary N) is 1. The highest BCUT2D eigenvalue weighted by Gasteiger charge is 2.13. The summed E-state index contributed by atoms with van der Waals surface area (Å²) in [6.07, 6.45) is 0.421. The third-order valence-electron chi connectivity index (χ3n) is 2.65. The van der Waals surface area contributed by atoms with Gasteiger partial charge in [0, 0.05) is 13.1 Å². The predicted octanol–water partition coefficient (Wildman–Crippen LogP) is 1.60. The molecule has 1 rings (SSSR count). The van der Waals surface area contributed by atoms with E-state index in [0.717, 1.165) is 5.56 Å². The molecule has 0 saturated heterocycles. The zero-order valence-corrected chi connectivity index (χ0v) is 10.9. The van der Waals surface area contributed by atoms with E-state index in [2.05, 4.69) is 38.2 Å². The molecule has 0 aliphatic carbocycles. The number of carbonyl (C=O) groups excluding carboxylic acids is 1. The molecular formula is C14H22N2O. The normalized spacial score (nSPS) is 11.3. The van der Waals surface area contributed by atoms with Crippen LogP contribution in [0.3, 0.4) is 0 Å². The van der Waals surface area contributed by atoms with Gasteiger partial charge < -0.3 is 11.1 Å². The SMILES string of the molecule is CC(C)(C)c1ccc(CC(=O)NCCN)cc1. The summed E-state index contributed by atoms with van der Waals surface area (Å²) < 4.78 is 0. The van der Waals surface area contributed by atoms with Crippen molar-refractivity contribution >= 4 is 5.91 Å². The van der Waals surface area contributed by atoms with Crippen LogP contribution in [0.25, 0.3) is 0 Å². The lowest BCUT2D eigenvalue weighted by Crippen LogP contribution is -2.30. The van der Waals surface area contributed by atoms with Crippen LogP contribution in [-0.2, 0) is 16.6 Å². The second kappa shape index (κ2) is 5.82. The maximum absolute atomic E-state index is 11.5. The lowest BCUT2D eigenvalue weighted by molar-refractivity contribution is -0.120. The van der Waals surface area contributed by atoms with Crippen molar-refractivity contribution in [1.82, 2.24) is 5.32 Å². The maximum atomic E-state index is 11.5. The zero-order chi connectivity index (χ0) is 12.9. The molecule has 0 aliphatic rings. The molecule has 0 heterocycles. The fourth-order valence-corrected chi connectivity index (χ4v) is 1.58. The van der Waals surface area contributed by atoms with Crippen molar-refractivity contribution in [1.29, 1.82) is 0 Å². The molecule has 0 spiro atoms. The maximum Gasteiger partial charge on any atom is 0.224 e. The number of benzene rings is 1. The predicted molar refractivity (Wildman–Crippen MR) is 70.9 cm³/mol. The van der Waals surface area contributed by atoms with Crippen LogP contribution in [0.5, 0.6) is 0 Å². The Labute approximate surface area is 103 Å². The van der Waals surface area contributed by atoms with Crippen molar-refractivity contribution in [2.24, 2.45) is 5.73 Å². The molecule has 3 heteroatoms. The number of amides is 1. The second-order valence-corrected chi connectivity index (χ2v) is 5.26. The first-order valence-corrected chi connectivity index (χ1v) is 5.99. The first-order chi connectivity index (χ1) is 7.93. The van der Waals surface area contributed by atoms with Gasteiger partial charge in [0.05, 0.1) is 6.42 Å². The molecular weight excluding hydrogens is 212 g/mol. The average Bonchev–Trinajstić information content (AvgIpc) is 2.26. The molecule has 3 nitrogen and oxygen atoms in total. The standard InChI is InChI=1S/C14H22N2O/c1-14(2,3)12-6-4-11(5-7-12)10-13(17)16-9-8-15/h4-7H,8-10,15H2,1-3H3,(H,16,17). The highest BCUT2D eigenvalue weighted by molar-refractivity contribution is 5.78. The first kappa shape index (κ1) is 13.7. The van der Waals surface area contributed by atoms with Crippen molar-refractivity contribution in [3.63, 3.8) is 0 Å². The molecule has 17 heavy (non-hydrogen) atoms. The molecule has 0 fully saturated rings. The minimum Gasteiger partial charge on any atom is -0.355 e. The topological polar surface area (TPSA) is 55.1 Å². The highest BCUT2D eigenvalue weighted by atomic mass is 16.1. The summed E-state index contributed by atoms with van der Waals surface area (Å²) in [5.74, 6) is 0.0268. The van der Waals surface area contributed by atoms with Gasteiger partial charge in [0.2, 0.25) is 5.91 Å². The van der Waals surface area contributed by atoms with E-state index >= 15 is 0 Å². The summed E-state index contributed by atoms with van der Waals surface area (Å²) in [6, 6.07) is 8.21. The van der Waals surface area contributed by atoms with Crippen LogP contribution in [0.1, 0.15) is 31.9 Å². The van der Waals surface area contributed by atoms with E-state index in [1.807, 2.05) is 12.1 Å². The van der Waals surface area contributed by atoms with Gasteiger partial charge in [-0.3, -0.25) is 4.79 Å². The second-order valence-electron chi connectivity index (χ2n) is 5.26. The Kier molecular flexibility index (Phi) is 4.70. The molecule has 0 radical (unpaired) electrons. The summed E-state index contributed by atoms with van der Waals surface area (Å²) in [5.41, 5.74) is 7.79. The van der Waals surface area contributed by atoms with Crippen LogP contribution in [0, 0.1) is 0 Å². The van der Waals surface area contributed by atoms with Crippen molar-refractivity contribution in [3.05, 3.63) is 35.4 Å². The first-order valence-electron chi connectivity index (χ1n) is 5.99. The Balaban J connectivity index is 2.60. The third kappa shape index (κ3) is 4.57. The Morgan fingerprint density at radius 3 is 2.29 bits per heavy atom. The monoisotopic (exact) mass is 234 g/mol. The van der Waals surface area contributed by atoms with Gasteiger partial charge in [-0.1, -0.05) is 45.0 Å². The smallest absolute Gasteiger partial charge is 0.224 e. The van der Waals surface area contributed by atoms with E-state index in [1.54, 1.807) is 0 Å². The van der Waals surface area contributed by atoms with E-state index in [-0.39, 0.29) is 11.3 Å². The average molecular weight is 234 g/mol. The van der Waals surface area contributed by atoms with Crippen LogP contribution in [-0.4, -0.2) is 19.0 Å². The summed E-state index contributed by atoms with van der Waals surface area (Å²) in [4.78, 5) is 11.5. The van der Waals surface area contributed by atoms with Crippen LogP contribution in [0.2, 0.25) is 0 Å². The Morgan fingerprint density at radius 2 is 1.82 bits per heavy atom. The zero-order valence-electron chi connectivity index (χ0n) is 10.9. The number of nitrogens with two attached hydrogens (primary N) is 1. The lowest BCUT2D eigenvalue weighted by Gasteiger charge is -2.19. The Morgan fingerprint density at radius 1 is 1.24 bits per heavy atom. The van der Waals surface area contributed by atoms with Crippen molar-refractivity contribution in [3.8, 4) is 0 Å². The molecule has 1 aromatic carbocycles. The van der Waals surface area contributed by atoms with E-state index in [9.17, 15) is 4.79 Å². The molecule has 0 saturated carbocycles. The summed E-state index contributed by atoms with van der Waals surface area (Å²) in [5, 5.41) is 2.76. The van der Waals surface area contributed by atoms with Gasteiger partial charge in [-0.25, -0.2) is 0 Å². The molecule has 1 amide bonds. The molecule has 3 N–H and O–H groups in total. The minimum atomic E-state index is 0.0268. The number of rotatable bonds is 4. The quantitative estimate of drug-likeness (QED) is 0.831. The van der Waals surface area contributed by atoms with Crippen LogP contribution >= 0.6 is 0 Å². The van der Waals surface area contributed by atoms with Crippen molar-refractivity contribution < 1.29 is 4.79 Å². The third-order valence-corrected chi connectivity index (χ3v) is 2.65. The van der Waals surface area contributed by atoms with Gasteiger partial charge >= 0.3 is 0 Å². The molecule has 0 aromatic heterocycles. The van der Waals surface area contributed by atoms with Crippen LogP contribution in [0.4, 0.5) is 0 Å². The fraction of sp³-hybridized carbons (Fsp3) is 0.500. The van der Waals surface area contributed by atoms with Gasteiger partial charge in [0.25, 0.3) is 0 Å². The molecule has 0 aliphatic heterocycles. The molecule has 1 aromatic rings. The van der Waals surface area contributed by atoms with Crippen LogP contribution < -0.4 is 11.1 Å². The van der Waals surface area contributed by atoms with Gasteiger partial charge in [0.1, 0.15) is 0 Å². The highest BCUT2D eigenvalue weighted by Crippen LogP contribution is 2.22. The molecule has 0 unspecified atom stereocenters. The minimum absolute atomic E-state index is 0.0268. The van der Waals surface area contributed by atoms with Gasteiger partial charge in [-0.15, -0.1) is 0 Å². The van der Waals surface area contributed by atoms with Gasteiger partial charge in [0.15, 0.2) is 0 Å². The number of carbonyl (C=O) groups is 1. The largest absolute Gasteiger partial charge is 0.355 e. The summed E-state index contributed by atoms with van der Waals surface area (Å²) in [7, 11) is 0. The van der Waals surface area contributed by atoms with Crippen molar-refractivity contribution in [2.45, 2.75) is 32.6 Å². The number of hydrogen-bond donors (Lipinski definition) is 2. The van der Waals surface area contributed by atoms with Crippen LogP contribution in [0.15, 0.2) is 24.3 Å². The Bertz CT molecular complexity index is 363. The molecule has 94 valence electrons. The fourth-order valence-electron chi connectivity index (χ4n) is 1.58. The molecule has 0 bridgehead atoms. The molecule has 0 atom stereocenters. The van der Waals surface area contributed by atoms with E-state index in [1.165, 1.54) is 5.56 Å². The Hall–Kier alpha value is -1.35. The van der Waals surface area contributed by atoms with E-state index < -0.39 is 0 Å². The van der Waals surface area contributed by atoms with Crippen molar-refractivity contribution in [2.75, 3.05) is 13.1 Å². The van der Waals surface area contributed by atoms with E-state index in [0.29, 0.717) is 19.5 Å². The van der Waals surface area contributed by atoms with Gasteiger partial charge in [-0.05, 0) is 16.5 Å². The van der Waals surface area contributed by atoms with Gasteiger partial charge in [-0.2, -0.15) is 0 Å². The lowest BCUT2D eigenvalue weighted by atomic mass is 9.86. The summed E-state index contributed by atoms with van der Waals surface area (Å²) >= 11 is 0. The van der Waals surface area contributed by atoms with E-state index in [4.69, 9.17) is 5.73 Å². The summed E-state index contributed by atoms with van der Waals surface area (Å²) in [6.45, 7) is 7.55. The number of hydrogen-bond acceptors (Lipinski definition) is 2.